The molecule has 3 heteroatoms. The minimum atomic E-state index is 0.847. The molecule has 0 spiro atoms. The average molecular weight is 270 g/mol. The van der Waals surface area contributed by atoms with Gasteiger partial charge in [-0.25, -0.2) is 0 Å². The summed E-state index contributed by atoms with van der Waals surface area (Å²) in [6.07, 6.45) is 2.72. The SMILES string of the molecule is CN=Cc1c(C)cc(Cc2ccc(S)cc2)nc1C. The normalized spacial score (nSPS) is 11.2. The molecule has 1 aromatic carbocycles. The number of hydrogen-bond acceptors (Lipinski definition) is 3. The van der Waals surface area contributed by atoms with Crippen molar-refractivity contribution in [2.75, 3.05) is 7.05 Å². The Hall–Kier alpha value is -1.61. The van der Waals surface area contributed by atoms with Crippen molar-refractivity contribution in [3.8, 4) is 0 Å². The molecule has 0 saturated heterocycles. The highest BCUT2D eigenvalue weighted by Crippen LogP contribution is 2.16. The Morgan fingerprint density at radius 3 is 2.47 bits per heavy atom. The molecule has 19 heavy (non-hydrogen) atoms. The third-order valence-electron chi connectivity index (χ3n) is 3.09. The lowest BCUT2D eigenvalue weighted by molar-refractivity contribution is 1.02. The fourth-order valence-electron chi connectivity index (χ4n) is 2.16. The van der Waals surface area contributed by atoms with Gasteiger partial charge in [-0.1, -0.05) is 12.1 Å². The van der Waals surface area contributed by atoms with E-state index < -0.39 is 0 Å². The van der Waals surface area contributed by atoms with Gasteiger partial charge in [-0.3, -0.25) is 9.98 Å². The maximum absolute atomic E-state index is 4.66. The van der Waals surface area contributed by atoms with E-state index in [1.54, 1.807) is 7.05 Å². The maximum atomic E-state index is 4.66. The molecule has 0 amide bonds. The lowest BCUT2D eigenvalue weighted by Crippen LogP contribution is -2.01. The number of thiol groups is 1. The van der Waals surface area contributed by atoms with E-state index in [4.69, 9.17) is 0 Å². The Morgan fingerprint density at radius 1 is 1.21 bits per heavy atom. The second-order valence-electron chi connectivity index (χ2n) is 4.66. The van der Waals surface area contributed by atoms with Crippen molar-refractivity contribution in [1.29, 1.82) is 0 Å². The van der Waals surface area contributed by atoms with Crippen molar-refractivity contribution in [2.24, 2.45) is 4.99 Å². The van der Waals surface area contributed by atoms with E-state index in [0.717, 1.165) is 28.3 Å². The number of aryl methyl sites for hydroxylation is 2. The number of hydrogen-bond donors (Lipinski definition) is 1. The quantitative estimate of drug-likeness (QED) is 0.669. The topological polar surface area (TPSA) is 25.2 Å². The van der Waals surface area contributed by atoms with Crippen molar-refractivity contribution in [2.45, 2.75) is 25.2 Å². The summed E-state index contributed by atoms with van der Waals surface area (Å²) in [7, 11) is 1.78. The van der Waals surface area contributed by atoms with Crippen LogP contribution in [0.15, 0.2) is 40.2 Å². The van der Waals surface area contributed by atoms with Gasteiger partial charge in [0, 0.05) is 41.5 Å². The Labute approximate surface area is 120 Å². The molecular weight excluding hydrogens is 252 g/mol. The molecule has 0 aliphatic carbocycles. The van der Waals surface area contributed by atoms with E-state index in [1.165, 1.54) is 11.1 Å². The molecule has 0 N–H and O–H groups in total. The minimum Gasteiger partial charge on any atom is -0.296 e. The number of benzene rings is 1. The first-order valence-electron chi connectivity index (χ1n) is 6.27. The largest absolute Gasteiger partial charge is 0.296 e. The van der Waals surface area contributed by atoms with E-state index in [2.05, 4.69) is 47.7 Å². The summed E-state index contributed by atoms with van der Waals surface area (Å²) in [6.45, 7) is 4.14. The number of rotatable bonds is 3. The first kappa shape index (κ1) is 13.8. The summed E-state index contributed by atoms with van der Waals surface area (Å²) in [4.78, 5) is 9.72. The second kappa shape index (κ2) is 6.02. The summed E-state index contributed by atoms with van der Waals surface area (Å²) in [5, 5.41) is 0. The van der Waals surface area contributed by atoms with E-state index in [9.17, 15) is 0 Å². The van der Waals surface area contributed by atoms with Crippen LogP contribution in [0.3, 0.4) is 0 Å². The molecule has 1 aromatic heterocycles. The van der Waals surface area contributed by atoms with Crippen molar-refractivity contribution < 1.29 is 0 Å². The van der Waals surface area contributed by atoms with Crippen LogP contribution >= 0.6 is 12.6 Å². The Bertz CT molecular complexity index is 578. The van der Waals surface area contributed by atoms with Crippen LogP contribution in [0.5, 0.6) is 0 Å². The summed E-state index contributed by atoms with van der Waals surface area (Å²) < 4.78 is 0. The van der Waals surface area contributed by atoms with E-state index >= 15 is 0 Å². The minimum absolute atomic E-state index is 0.847. The Kier molecular flexibility index (Phi) is 4.38. The van der Waals surface area contributed by atoms with Crippen LogP contribution < -0.4 is 0 Å². The molecule has 0 radical (unpaired) electrons. The smallest absolute Gasteiger partial charge is 0.0466 e. The summed E-state index contributed by atoms with van der Waals surface area (Å²) in [5.74, 6) is 0. The monoisotopic (exact) mass is 270 g/mol. The Balaban J connectivity index is 2.29. The van der Waals surface area contributed by atoms with E-state index in [1.807, 2.05) is 25.3 Å². The van der Waals surface area contributed by atoms with Gasteiger partial charge in [0.05, 0.1) is 0 Å². The molecule has 0 aliphatic heterocycles. The van der Waals surface area contributed by atoms with Gasteiger partial charge >= 0.3 is 0 Å². The highest BCUT2D eigenvalue weighted by Gasteiger charge is 2.05. The van der Waals surface area contributed by atoms with E-state index in [-0.39, 0.29) is 0 Å². The molecule has 2 nitrogen and oxygen atoms in total. The molecule has 1 heterocycles. The van der Waals surface area contributed by atoms with Crippen LogP contribution in [-0.4, -0.2) is 18.2 Å². The third-order valence-corrected chi connectivity index (χ3v) is 3.39. The number of aromatic nitrogens is 1. The third kappa shape index (κ3) is 3.44. The highest BCUT2D eigenvalue weighted by molar-refractivity contribution is 7.80. The fourth-order valence-corrected chi connectivity index (χ4v) is 2.31. The molecule has 0 atom stereocenters. The number of nitrogens with zero attached hydrogens (tertiary/aromatic N) is 2. The maximum Gasteiger partial charge on any atom is 0.0466 e. The van der Waals surface area contributed by atoms with Crippen LogP contribution in [0.25, 0.3) is 0 Å². The lowest BCUT2D eigenvalue weighted by atomic mass is 10.0. The predicted octanol–water partition coefficient (Wildman–Crippen LogP) is 3.63. The van der Waals surface area contributed by atoms with Gasteiger partial charge in [-0.05, 0) is 43.2 Å². The van der Waals surface area contributed by atoms with Gasteiger partial charge in [0.15, 0.2) is 0 Å². The van der Waals surface area contributed by atoms with Gasteiger partial charge < -0.3 is 0 Å². The van der Waals surface area contributed by atoms with Crippen LogP contribution in [0.2, 0.25) is 0 Å². The zero-order valence-electron chi connectivity index (χ0n) is 11.5. The molecule has 2 rings (SSSR count). The molecular formula is C16H18N2S. The molecule has 2 aromatic rings. The molecule has 0 bridgehead atoms. The van der Waals surface area contributed by atoms with Gasteiger partial charge in [-0.15, -0.1) is 12.6 Å². The lowest BCUT2D eigenvalue weighted by Gasteiger charge is -2.08. The van der Waals surface area contributed by atoms with Crippen LogP contribution in [0.4, 0.5) is 0 Å². The molecule has 0 aliphatic rings. The standard InChI is InChI=1S/C16H18N2S/c1-11-8-14(18-12(2)16(11)10-17-3)9-13-4-6-15(19)7-5-13/h4-8,10,19H,9H2,1-3H3. The average Bonchev–Trinajstić information content (AvgIpc) is 2.37. The van der Waals surface area contributed by atoms with Gasteiger partial charge in [-0.2, -0.15) is 0 Å². The predicted molar refractivity (Wildman–Crippen MR) is 83.7 cm³/mol. The van der Waals surface area contributed by atoms with Crippen molar-refractivity contribution >= 4 is 18.8 Å². The van der Waals surface area contributed by atoms with E-state index in [0.29, 0.717) is 0 Å². The van der Waals surface area contributed by atoms with Crippen LogP contribution in [0.1, 0.15) is 28.1 Å². The number of pyridine rings is 1. The van der Waals surface area contributed by atoms with Gasteiger partial charge in [0.1, 0.15) is 0 Å². The van der Waals surface area contributed by atoms with Gasteiger partial charge in [0.2, 0.25) is 0 Å². The van der Waals surface area contributed by atoms with Crippen molar-refractivity contribution in [3.63, 3.8) is 0 Å². The molecule has 0 saturated carbocycles. The van der Waals surface area contributed by atoms with Crippen LogP contribution in [0, 0.1) is 13.8 Å². The Morgan fingerprint density at radius 2 is 1.89 bits per heavy atom. The van der Waals surface area contributed by atoms with Crippen molar-refractivity contribution in [1.82, 2.24) is 4.98 Å². The zero-order chi connectivity index (χ0) is 13.8. The van der Waals surface area contributed by atoms with Crippen molar-refractivity contribution in [3.05, 3.63) is 58.4 Å². The van der Waals surface area contributed by atoms with Crippen LogP contribution in [-0.2, 0) is 6.42 Å². The summed E-state index contributed by atoms with van der Waals surface area (Å²) in [6, 6.07) is 10.3. The van der Waals surface area contributed by atoms with Gasteiger partial charge in [0.25, 0.3) is 0 Å². The highest BCUT2D eigenvalue weighted by atomic mass is 32.1. The zero-order valence-corrected chi connectivity index (χ0v) is 12.4. The second-order valence-corrected chi connectivity index (χ2v) is 5.18. The molecule has 0 unspecified atom stereocenters. The fraction of sp³-hybridized carbons (Fsp3) is 0.250. The molecule has 0 fully saturated rings. The first-order chi connectivity index (χ1) is 9.10. The molecule has 98 valence electrons. The summed E-state index contributed by atoms with van der Waals surface area (Å²) >= 11 is 4.30. The number of aliphatic imine (C=N–C) groups is 1. The first-order valence-corrected chi connectivity index (χ1v) is 6.72. The summed E-state index contributed by atoms with van der Waals surface area (Å²) in [5.41, 5.74) is 5.72.